The SMILES string of the molecule is COc1cc(C(=O)N2CC(=O)Nc3ccc(Br)cc3C2c2ccccc2Cl)cc(OC)c1OC. The average Bonchev–Trinajstić information content (AvgIpc) is 2.98. The van der Waals surface area contributed by atoms with Crippen LogP contribution in [0.3, 0.4) is 0 Å². The molecule has 3 aromatic rings. The predicted octanol–water partition coefficient (Wildman–Crippen LogP) is 5.31. The zero-order chi connectivity index (χ0) is 24.4. The molecule has 0 spiro atoms. The second-order valence-corrected chi connectivity index (χ2v) is 8.87. The van der Waals surface area contributed by atoms with Crippen LogP contribution >= 0.6 is 27.5 Å². The van der Waals surface area contributed by atoms with E-state index in [-0.39, 0.29) is 18.0 Å². The first-order chi connectivity index (χ1) is 16.4. The summed E-state index contributed by atoms with van der Waals surface area (Å²) in [5.74, 6) is 0.321. The monoisotopic (exact) mass is 544 g/mol. The maximum absolute atomic E-state index is 14.0. The maximum Gasteiger partial charge on any atom is 0.255 e. The fraction of sp³-hybridized carbons (Fsp3) is 0.200. The molecule has 34 heavy (non-hydrogen) atoms. The molecule has 0 fully saturated rings. The molecule has 0 saturated carbocycles. The van der Waals surface area contributed by atoms with Crippen molar-refractivity contribution in [3.8, 4) is 17.2 Å². The molecule has 9 heteroatoms. The van der Waals surface area contributed by atoms with Gasteiger partial charge in [-0.2, -0.15) is 0 Å². The van der Waals surface area contributed by atoms with Gasteiger partial charge >= 0.3 is 0 Å². The lowest BCUT2D eigenvalue weighted by molar-refractivity contribution is -0.117. The number of carbonyl (C=O) groups excluding carboxylic acids is 2. The molecule has 3 aromatic carbocycles. The molecule has 1 aliphatic rings. The summed E-state index contributed by atoms with van der Waals surface area (Å²) in [5.41, 5.74) is 2.31. The van der Waals surface area contributed by atoms with Crippen molar-refractivity contribution in [1.29, 1.82) is 0 Å². The lowest BCUT2D eigenvalue weighted by atomic mass is 9.95. The molecule has 7 nitrogen and oxygen atoms in total. The van der Waals surface area contributed by atoms with E-state index in [1.807, 2.05) is 30.3 Å². The summed E-state index contributed by atoms with van der Waals surface area (Å²) in [4.78, 5) is 28.3. The smallest absolute Gasteiger partial charge is 0.255 e. The highest BCUT2D eigenvalue weighted by Gasteiger charge is 2.35. The van der Waals surface area contributed by atoms with Gasteiger partial charge in [0.05, 0.1) is 27.4 Å². The van der Waals surface area contributed by atoms with Gasteiger partial charge in [-0.3, -0.25) is 9.59 Å². The number of ether oxygens (including phenoxy) is 3. The topological polar surface area (TPSA) is 77.1 Å². The molecule has 0 saturated heterocycles. The highest BCUT2D eigenvalue weighted by atomic mass is 79.9. The summed E-state index contributed by atoms with van der Waals surface area (Å²) >= 11 is 10.1. The van der Waals surface area contributed by atoms with E-state index >= 15 is 0 Å². The standard InChI is InChI=1S/C25H22BrClN2O5/c1-32-20-10-14(11-21(33-2)24(20)34-3)25(31)29-13-22(30)28-19-9-8-15(26)12-17(19)23(29)16-6-4-5-7-18(16)27/h4-12,23H,13H2,1-3H3,(H,28,30). The largest absolute Gasteiger partial charge is 0.493 e. The summed E-state index contributed by atoms with van der Waals surface area (Å²) in [6.07, 6.45) is 0. The van der Waals surface area contributed by atoms with E-state index in [0.717, 1.165) is 10.0 Å². The molecule has 1 N–H and O–H groups in total. The average molecular weight is 546 g/mol. The Labute approximate surface area is 210 Å². The molecule has 1 aliphatic heterocycles. The van der Waals surface area contributed by atoms with Crippen LogP contribution in [0.15, 0.2) is 59.1 Å². The number of carbonyl (C=O) groups is 2. The van der Waals surface area contributed by atoms with E-state index in [4.69, 9.17) is 25.8 Å². The summed E-state index contributed by atoms with van der Waals surface area (Å²) in [6, 6.07) is 15.3. The number of fused-ring (bicyclic) bond motifs is 1. The number of amides is 2. The molecule has 1 atom stereocenters. The molecule has 1 unspecified atom stereocenters. The zero-order valence-corrected chi connectivity index (χ0v) is 21.1. The Morgan fingerprint density at radius 3 is 2.29 bits per heavy atom. The highest BCUT2D eigenvalue weighted by molar-refractivity contribution is 9.10. The third-order valence-corrected chi connectivity index (χ3v) is 6.42. The van der Waals surface area contributed by atoms with Crippen molar-refractivity contribution in [3.63, 3.8) is 0 Å². The molecule has 0 aliphatic carbocycles. The third kappa shape index (κ3) is 4.43. The van der Waals surface area contributed by atoms with Gasteiger partial charge in [0.2, 0.25) is 11.7 Å². The van der Waals surface area contributed by atoms with E-state index in [2.05, 4.69) is 21.2 Å². The number of halogens is 2. The minimum Gasteiger partial charge on any atom is -0.493 e. The van der Waals surface area contributed by atoms with Crippen LogP contribution in [-0.4, -0.2) is 44.6 Å². The number of benzene rings is 3. The summed E-state index contributed by atoms with van der Waals surface area (Å²) < 4.78 is 17.0. The number of anilines is 1. The van der Waals surface area contributed by atoms with E-state index in [1.54, 1.807) is 24.3 Å². The van der Waals surface area contributed by atoms with Crippen molar-refractivity contribution >= 4 is 45.0 Å². The first-order valence-electron chi connectivity index (χ1n) is 10.3. The summed E-state index contributed by atoms with van der Waals surface area (Å²) in [7, 11) is 4.44. The van der Waals surface area contributed by atoms with Crippen LogP contribution in [-0.2, 0) is 4.79 Å². The van der Waals surface area contributed by atoms with Gasteiger partial charge in [0.15, 0.2) is 11.5 Å². The fourth-order valence-electron chi connectivity index (χ4n) is 4.07. The Bertz CT molecular complexity index is 1240. The Hall–Kier alpha value is -3.23. The minimum absolute atomic E-state index is 0.183. The first kappa shape index (κ1) is 23.9. The van der Waals surface area contributed by atoms with E-state index in [1.165, 1.54) is 26.2 Å². The lowest BCUT2D eigenvalue weighted by Gasteiger charge is -2.31. The zero-order valence-electron chi connectivity index (χ0n) is 18.7. The van der Waals surface area contributed by atoms with Crippen LogP contribution in [0.25, 0.3) is 0 Å². The van der Waals surface area contributed by atoms with Gasteiger partial charge in [-0.15, -0.1) is 0 Å². The van der Waals surface area contributed by atoms with E-state index in [9.17, 15) is 9.59 Å². The number of rotatable bonds is 5. The second-order valence-electron chi connectivity index (χ2n) is 7.55. The summed E-state index contributed by atoms with van der Waals surface area (Å²) in [6.45, 7) is -0.183. The molecule has 1 heterocycles. The third-order valence-electron chi connectivity index (χ3n) is 5.58. The summed E-state index contributed by atoms with van der Waals surface area (Å²) in [5, 5.41) is 3.38. The highest BCUT2D eigenvalue weighted by Crippen LogP contribution is 2.42. The van der Waals surface area contributed by atoms with Crippen molar-refractivity contribution in [1.82, 2.24) is 4.90 Å². The first-order valence-corrected chi connectivity index (χ1v) is 11.5. The van der Waals surface area contributed by atoms with Crippen molar-refractivity contribution in [2.75, 3.05) is 33.2 Å². The fourth-order valence-corrected chi connectivity index (χ4v) is 4.69. The van der Waals surface area contributed by atoms with Gasteiger partial charge in [-0.25, -0.2) is 0 Å². The van der Waals surface area contributed by atoms with Crippen LogP contribution in [0.2, 0.25) is 5.02 Å². The van der Waals surface area contributed by atoms with Gasteiger partial charge in [-0.05, 0) is 42.0 Å². The molecular formula is C25H22BrClN2O5. The van der Waals surface area contributed by atoms with Crippen LogP contribution in [0, 0.1) is 0 Å². The van der Waals surface area contributed by atoms with Gasteiger partial charge in [0, 0.05) is 26.3 Å². The number of hydrogen-bond acceptors (Lipinski definition) is 5. The normalized spacial score (nSPS) is 15.1. The van der Waals surface area contributed by atoms with E-state index in [0.29, 0.717) is 33.5 Å². The van der Waals surface area contributed by atoms with Gasteiger partial charge < -0.3 is 24.4 Å². The molecule has 2 amide bonds. The Morgan fingerprint density at radius 1 is 1.00 bits per heavy atom. The predicted molar refractivity (Wildman–Crippen MR) is 133 cm³/mol. The van der Waals surface area contributed by atoms with Crippen molar-refractivity contribution < 1.29 is 23.8 Å². The van der Waals surface area contributed by atoms with Crippen molar-refractivity contribution in [2.24, 2.45) is 0 Å². The molecule has 0 radical (unpaired) electrons. The molecular weight excluding hydrogens is 524 g/mol. The Kier molecular flexibility index (Phi) is 7.00. The van der Waals surface area contributed by atoms with E-state index < -0.39 is 11.9 Å². The molecule has 4 rings (SSSR count). The number of hydrogen-bond donors (Lipinski definition) is 1. The molecule has 0 aromatic heterocycles. The number of nitrogens with one attached hydrogen (secondary N) is 1. The second kappa shape index (κ2) is 9.95. The van der Waals surface area contributed by atoms with Crippen LogP contribution in [0.5, 0.6) is 17.2 Å². The van der Waals surface area contributed by atoms with Gasteiger partial charge in [0.1, 0.15) is 6.54 Å². The molecule has 176 valence electrons. The Morgan fingerprint density at radius 2 is 1.68 bits per heavy atom. The van der Waals surface area contributed by atoms with Gasteiger partial charge in [0.25, 0.3) is 5.91 Å². The van der Waals surface area contributed by atoms with Crippen molar-refractivity contribution in [3.05, 3.63) is 80.8 Å². The maximum atomic E-state index is 14.0. The Balaban J connectivity index is 1.92. The van der Waals surface area contributed by atoms with Crippen LogP contribution in [0.1, 0.15) is 27.5 Å². The quantitative estimate of drug-likeness (QED) is 0.470. The number of nitrogens with zero attached hydrogens (tertiary/aromatic N) is 1. The van der Waals surface area contributed by atoms with Crippen LogP contribution < -0.4 is 19.5 Å². The van der Waals surface area contributed by atoms with Crippen LogP contribution in [0.4, 0.5) is 5.69 Å². The molecule has 0 bridgehead atoms. The van der Waals surface area contributed by atoms with Crippen molar-refractivity contribution in [2.45, 2.75) is 6.04 Å². The minimum atomic E-state index is -0.633. The lowest BCUT2D eigenvalue weighted by Crippen LogP contribution is -2.39. The number of methoxy groups -OCH3 is 3. The van der Waals surface area contributed by atoms with Gasteiger partial charge in [-0.1, -0.05) is 45.7 Å².